The van der Waals surface area contributed by atoms with Gasteiger partial charge in [0.25, 0.3) is 0 Å². The van der Waals surface area contributed by atoms with E-state index in [0.717, 1.165) is 12.8 Å². The predicted molar refractivity (Wildman–Crippen MR) is 86.9 cm³/mol. The minimum absolute atomic E-state index is 0.184. The van der Waals surface area contributed by atoms with Gasteiger partial charge >= 0.3 is 0 Å². The summed E-state index contributed by atoms with van der Waals surface area (Å²) in [4.78, 5) is 1.27. The first-order chi connectivity index (χ1) is 9.59. The van der Waals surface area contributed by atoms with E-state index in [1.807, 2.05) is 0 Å². The zero-order valence-electron chi connectivity index (χ0n) is 12.9. The molecule has 1 aliphatic carbocycles. The van der Waals surface area contributed by atoms with E-state index in [1.54, 1.807) is 11.8 Å². The summed E-state index contributed by atoms with van der Waals surface area (Å²) in [6.07, 6.45) is 7.15. The first-order valence-electron chi connectivity index (χ1n) is 7.74. The number of rotatable bonds is 6. The molecule has 1 aromatic carbocycles. The molecule has 1 aromatic rings. The van der Waals surface area contributed by atoms with Gasteiger partial charge in [-0.2, -0.15) is 5.26 Å². The van der Waals surface area contributed by atoms with Crippen LogP contribution in [0.5, 0.6) is 0 Å². The van der Waals surface area contributed by atoms with E-state index in [2.05, 4.69) is 51.1 Å². The summed E-state index contributed by atoms with van der Waals surface area (Å²) < 4.78 is -0.184. The van der Waals surface area contributed by atoms with Crippen LogP contribution in [0.1, 0.15) is 57.9 Å². The van der Waals surface area contributed by atoms with Crippen LogP contribution in [0.4, 0.5) is 0 Å². The second-order valence-corrected chi connectivity index (χ2v) is 7.75. The number of hydrogen-bond acceptors (Lipinski definition) is 2. The average molecular weight is 287 g/mol. The predicted octanol–water partition coefficient (Wildman–Crippen LogP) is 5.73. The van der Waals surface area contributed by atoms with E-state index in [-0.39, 0.29) is 4.75 Å². The second-order valence-electron chi connectivity index (χ2n) is 6.33. The van der Waals surface area contributed by atoms with E-state index in [9.17, 15) is 5.26 Å². The monoisotopic (exact) mass is 287 g/mol. The third kappa shape index (κ3) is 3.04. The number of thioether (sulfide) groups is 1. The van der Waals surface area contributed by atoms with Crippen LogP contribution in [0.25, 0.3) is 0 Å². The Morgan fingerprint density at radius 1 is 1.15 bits per heavy atom. The number of nitriles is 1. The van der Waals surface area contributed by atoms with Gasteiger partial charge in [0.05, 0.1) is 6.07 Å². The van der Waals surface area contributed by atoms with Crippen LogP contribution in [0.3, 0.4) is 0 Å². The lowest BCUT2D eigenvalue weighted by Crippen LogP contribution is -2.48. The molecule has 1 saturated carbocycles. The summed E-state index contributed by atoms with van der Waals surface area (Å²) in [5, 5.41) is 9.69. The molecular formula is C18H25NS. The van der Waals surface area contributed by atoms with Gasteiger partial charge in [-0.3, -0.25) is 0 Å². The Kier molecular flexibility index (Phi) is 4.81. The molecule has 0 unspecified atom stereocenters. The van der Waals surface area contributed by atoms with Crippen molar-refractivity contribution in [3.05, 3.63) is 29.8 Å². The van der Waals surface area contributed by atoms with E-state index >= 15 is 0 Å². The van der Waals surface area contributed by atoms with Crippen molar-refractivity contribution < 1.29 is 0 Å². The molecule has 108 valence electrons. The van der Waals surface area contributed by atoms with Gasteiger partial charge in [-0.05, 0) is 49.7 Å². The zero-order valence-corrected chi connectivity index (χ0v) is 13.7. The van der Waals surface area contributed by atoms with Crippen molar-refractivity contribution in [1.82, 2.24) is 0 Å². The van der Waals surface area contributed by atoms with Crippen LogP contribution in [-0.2, 0) is 0 Å². The maximum atomic E-state index is 9.69. The summed E-state index contributed by atoms with van der Waals surface area (Å²) in [5.74, 6) is 0. The highest BCUT2D eigenvalue weighted by atomic mass is 32.2. The summed E-state index contributed by atoms with van der Waals surface area (Å²) in [7, 11) is 0. The van der Waals surface area contributed by atoms with Crippen LogP contribution in [0, 0.1) is 23.7 Å². The summed E-state index contributed by atoms with van der Waals surface area (Å²) >= 11 is 1.80. The Morgan fingerprint density at radius 3 is 2.25 bits per heavy atom. The molecule has 0 radical (unpaired) electrons. The lowest BCUT2D eigenvalue weighted by molar-refractivity contribution is 0.0831. The lowest BCUT2D eigenvalue weighted by Gasteiger charge is -2.53. The molecule has 0 amide bonds. The quantitative estimate of drug-likeness (QED) is 0.667. The number of aryl methyl sites for hydroxylation is 1. The molecule has 0 saturated heterocycles. The van der Waals surface area contributed by atoms with Gasteiger partial charge in [0.1, 0.15) is 4.75 Å². The normalized spacial score (nSPS) is 19.1. The van der Waals surface area contributed by atoms with Gasteiger partial charge < -0.3 is 0 Å². The van der Waals surface area contributed by atoms with Gasteiger partial charge in [-0.15, -0.1) is 11.8 Å². The Hall–Kier alpha value is -0.940. The molecule has 0 heterocycles. The van der Waals surface area contributed by atoms with Crippen LogP contribution in [-0.4, -0.2) is 4.75 Å². The standard InChI is InChI=1S/C18H25NS/c1-4-10-17(11-5-2)12-18(13-17,14-19)20-16-9-7-6-8-15(16)3/h6-9H,4-5,10-13H2,1-3H3. The minimum Gasteiger partial charge on any atom is -0.197 e. The molecule has 1 fully saturated rings. The van der Waals surface area contributed by atoms with E-state index in [1.165, 1.54) is 36.1 Å². The van der Waals surface area contributed by atoms with Crippen molar-refractivity contribution in [2.45, 2.75) is 68.9 Å². The van der Waals surface area contributed by atoms with Crippen molar-refractivity contribution in [2.24, 2.45) is 5.41 Å². The molecule has 20 heavy (non-hydrogen) atoms. The van der Waals surface area contributed by atoms with Crippen LogP contribution in [0.15, 0.2) is 29.2 Å². The van der Waals surface area contributed by atoms with Crippen LogP contribution >= 0.6 is 11.8 Å². The third-order valence-electron chi connectivity index (χ3n) is 4.48. The summed E-state index contributed by atoms with van der Waals surface area (Å²) in [5.41, 5.74) is 1.73. The largest absolute Gasteiger partial charge is 0.197 e. The van der Waals surface area contributed by atoms with Crippen molar-refractivity contribution in [3.8, 4) is 6.07 Å². The first kappa shape index (κ1) is 15.4. The molecule has 1 aliphatic rings. The fraction of sp³-hybridized carbons (Fsp3) is 0.611. The fourth-order valence-electron chi connectivity index (χ4n) is 3.75. The van der Waals surface area contributed by atoms with E-state index in [4.69, 9.17) is 0 Å². The Morgan fingerprint density at radius 2 is 1.75 bits per heavy atom. The topological polar surface area (TPSA) is 23.8 Å². The van der Waals surface area contributed by atoms with Crippen molar-refractivity contribution in [2.75, 3.05) is 0 Å². The minimum atomic E-state index is -0.184. The molecule has 2 heteroatoms. The Bertz CT molecular complexity index is 486. The number of nitrogens with zero attached hydrogens (tertiary/aromatic N) is 1. The maximum absolute atomic E-state index is 9.69. The van der Waals surface area contributed by atoms with Crippen molar-refractivity contribution >= 4 is 11.8 Å². The zero-order chi connectivity index (χ0) is 14.6. The number of hydrogen-bond donors (Lipinski definition) is 0. The van der Waals surface area contributed by atoms with Crippen molar-refractivity contribution in [1.29, 1.82) is 5.26 Å². The second kappa shape index (κ2) is 6.22. The fourth-order valence-corrected chi connectivity index (χ4v) is 5.35. The molecule has 0 bridgehead atoms. The molecule has 0 aliphatic heterocycles. The highest BCUT2D eigenvalue weighted by Crippen LogP contribution is 2.61. The third-order valence-corrected chi connectivity index (χ3v) is 5.93. The molecular weight excluding hydrogens is 262 g/mol. The molecule has 2 rings (SSSR count). The highest BCUT2D eigenvalue weighted by Gasteiger charge is 2.54. The lowest BCUT2D eigenvalue weighted by atomic mass is 9.58. The maximum Gasteiger partial charge on any atom is 0.108 e. The smallest absolute Gasteiger partial charge is 0.108 e. The van der Waals surface area contributed by atoms with Crippen molar-refractivity contribution in [3.63, 3.8) is 0 Å². The molecule has 1 nitrogen and oxygen atoms in total. The Labute approximate surface area is 127 Å². The van der Waals surface area contributed by atoms with Crippen LogP contribution in [0.2, 0.25) is 0 Å². The Balaban J connectivity index is 2.11. The average Bonchev–Trinajstić information content (AvgIpc) is 2.39. The van der Waals surface area contributed by atoms with E-state index in [0.29, 0.717) is 5.41 Å². The molecule has 0 spiro atoms. The molecule has 0 N–H and O–H groups in total. The van der Waals surface area contributed by atoms with E-state index < -0.39 is 0 Å². The summed E-state index contributed by atoms with van der Waals surface area (Å²) in [6, 6.07) is 11.1. The number of benzene rings is 1. The van der Waals surface area contributed by atoms with Gasteiger partial charge in [0, 0.05) is 4.90 Å². The first-order valence-corrected chi connectivity index (χ1v) is 8.56. The van der Waals surface area contributed by atoms with Gasteiger partial charge in [0.15, 0.2) is 0 Å². The van der Waals surface area contributed by atoms with Gasteiger partial charge in [0.2, 0.25) is 0 Å². The van der Waals surface area contributed by atoms with Gasteiger partial charge in [-0.1, -0.05) is 44.9 Å². The van der Waals surface area contributed by atoms with Gasteiger partial charge in [-0.25, -0.2) is 0 Å². The molecule has 0 aromatic heterocycles. The SMILES string of the molecule is CCCC1(CCC)CC(C#N)(Sc2ccccc2C)C1. The molecule has 0 atom stereocenters. The highest BCUT2D eigenvalue weighted by molar-refractivity contribution is 8.01. The summed E-state index contributed by atoms with van der Waals surface area (Å²) in [6.45, 7) is 6.66. The van der Waals surface area contributed by atoms with Crippen LogP contribution < -0.4 is 0 Å².